The Kier molecular flexibility index (Phi) is 5.15. The number of aryl methyl sites for hydroxylation is 4. The zero-order chi connectivity index (χ0) is 30.5. The summed E-state index contributed by atoms with van der Waals surface area (Å²) in [6, 6.07) is 37.4. The molecule has 0 atom stereocenters. The highest BCUT2D eigenvalue weighted by Crippen LogP contribution is 2.46. The van der Waals surface area contributed by atoms with E-state index in [0.29, 0.717) is 11.5 Å². The highest BCUT2D eigenvalue weighted by atomic mass is 16.6. The molecule has 6 nitrogen and oxygen atoms in total. The summed E-state index contributed by atoms with van der Waals surface area (Å²) < 4.78 is 2.22. The Labute approximate surface area is 263 Å². The van der Waals surface area contributed by atoms with Gasteiger partial charge in [-0.1, -0.05) is 72.8 Å². The van der Waals surface area contributed by atoms with Crippen LogP contribution in [-0.2, 0) is 25.7 Å². The van der Waals surface area contributed by atoms with Crippen molar-refractivity contribution in [3.05, 3.63) is 142 Å². The van der Waals surface area contributed by atoms with Crippen molar-refractivity contribution in [3.8, 4) is 28.3 Å². The highest BCUT2D eigenvalue weighted by Gasteiger charge is 2.28. The number of hydrogen-bond acceptors (Lipinski definition) is 4. The monoisotopic (exact) mass is 594 g/mol. The number of hydrogen-bond donors (Lipinski definition) is 0. The fraction of sp³-hybridized carbons (Fsp3) is 0.100. The molecule has 2 aliphatic carbocycles. The highest BCUT2D eigenvalue weighted by molar-refractivity contribution is 6.22. The van der Waals surface area contributed by atoms with E-state index in [9.17, 15) is 10.1 Å². The SMILES string of the molecule is O=[N+]([O-])c1cc2c(cc1-c1cc3c4cc5c(cc4n(-c4nc(-c6ccccc6)c6ccccc6n4)c3c3ccccc13)CC5)CC2. The van der Waals surface area contributed by atoms with Crippen LogP contribution in [0.5, 0.6) is 0 Å². The van der Waals surface area contributed by atoms with Crippen molar-refractivity contribution < 1.29 is 4.92 Å². The first-order valence-electron chi connectivity index (χ1n) is 15.8. The number of nitro groups is 1. The molecule has 6 heteroatoms. The minimum Gasteiger partial charge on any atom is -0.277 e. The fourth-order valence-electron chi connectivity index (χ4n) is 7.57. The van der Waals surface area contributed by atoms with Gasteiger partial charge < -0.3 is 0 Å². The van der Waals surface area contributed by atoms with Crippen molar-refractivity contribution in [1.82, 2.24) is 14.5 Å². The van der Waals surface area contributed by atoms with Crippen LogP contribution in [-0.4, -0.2) is 19.5 Å². The van der Waals surface area contributed by atoms with E-state index in [1.54, 1.807) is 6.07 Å². The van der Waals surface area contributed by atoms with Gasteiger partial charge in [0.1, 0.15) is 0 Å². The molecule has 0 unspecified atom stereocenters. The van der Waals surface area contributed by atoms with Crippen molar-refractivity contribution in [2.24, 2.45) is 0 Å². The zero-order valence-corrected chi connectivity index (χ0v) is 24.8. The van der Waals surface area contributed by atoms with Gasteiger partial charge in [-0.3, -0.25) is 14.7 Å². The van der Waals surface area contributed by atoms with E-state index < -0.39 is 0 Å². The summed E-state index contributed by atoms with van der Waals surface area (Å²) in [5, 5.41) is 17.6. The van der Waals surface area contributed by atoms with Gasteiger partial charge in [0, 0.05) is 33.2 Å². The molecule has 2 aromatic heterocycles. The smallest absolute Gasteiger partial charge is 0.277 e. The lowest BCUT2D eigenvalue weighted by Crippen LogP contribution is -2.09. The average molecular weight is 595 g/mol. The van der Waals surface area contributed by atoms with Crippen LogP contribution in [0, 0.1) is 10.1 Å². The van der Waals surface area contributed by atoms with Crippen LogP contribution < -0.4 is 0 Å². The van der Waals surface area contributed by atoms with Crippen molar-refractivity contribution in [3.63, 3.8) is 0 Å². The maximum atomic E-state index is 12.4. The third kappa shape index (κ3) is 3.52. The summed E-state index contributed by atoms with van der Waals surface area (Å²) in [6.45, 7) is 0. The number of benzene rings is 6. The van der Waals surface area contributed by atoms with Gasteiger partial charge in [-0.05, 0) is 89.2 Å². The third-order valence-corrected chi connectivity index (χ3v) is 10.1. The van der Waals surface area contributed by atoms with E-state index in [1.807, 2.05) is 48.5 Å². The second-order valence-corrected chi connectivity index (χ2v) is 12.5. The predicted molar refractivity (Wildman–Crippen MR) is 184 cm³/mol. The average Bonchev–Trinajstić information content (AvgIpc) is 3.38. The molecule has 2 heterocycles. The Bertz CT molecular complexity index is 2620. The second-order valence-electron chi connectivity index (χ2n) is 12.5. The lowest BCUT2D eigenvalue weighted by molar-refractivity contribution is -0.384. The lowest BCUT2D eigenvalue weighted by atomic mass is 9.83. The minimum atomic E-state index is -0.229. The van der Waals surface area contributed by atoms with E-state index >= 15 is 0 Å². The Morgan fingerprint density at radius 3 is 2.00 bits per heavy atom. The number of rotatable bonds is 4. The predicted octanol–water partition coefficient (Wildman–Crippen LogP) is 9.32. The van der Waals surface area contributed by atoms with E-state index in [-0.39, 0.29) is 10.6 Å². The van der Waals surface area contributed by atoms with E-state index in [1.165, 1.54) is 16.7 Å². The molecule has 0 bridgehead atoms. The van der Waals surface area contributed by atoms with Crippen LogP contribution >= 0.6 is 0 Å². The number of para-hydroxylation sites is 1. The van der Waals surface area contributed by atoms with Crippen molar-refractivity contribution >= 4 is 49.2 Å². The molecule has 8 aromatic rings. The van der Waals surface area contributed by atoms with Gasteiger partial charge in [0.15, 0.2) is 0 Å². The third-order valence-electron chi connectivity index (χ3n) is 10.1. The van der Waals surface area contributed by atoms with Crippen LogP contribution in [0.15, 0.2) is 109 Å². The van der Waals surface area contributed by atoms with Crippen molar-refractivity contribution in [1.29, 1.82) is 0 Å². The van der Waals surface area contributed by atoms with Gasteiger partial charge >= 0.3 is 0 Å². The molecule has 0 fully saturated rings. The van der Waals surface area contributed by atoms with Crippen LogP contribution in [0.3, 0.4) is 0 Å². The largest absolute Gasteiger partial charge is 0.277 e. The van der Waals surface area contributed by atoms with E-state index in [4.69, 9.17) is 9.97 Å². The van der Waals surface area contributed by atoms with Crippen molar-refractivity contribution in [2.45, 2.75) is 25.7 Å². The van der Waals surface area contributed by atoms with Crippen LogP contribution in [0.4, 0.5) is 5.69 Å². The molecule has 46 heavy (non-hydrogen) atoms. The van der Waals surface area contributed by atoms with Gasteiger partial charge in [0.2, 0.25) is 5.95 Å². The maximum absolute atomic E-state index is 12.4. The molecule has 0 aliphatic heterocycles. The molecule has 0 saturated heterocycles. The summed E-state index contributed by atoms with van der Waals surface area (Å²) in [7, 11) is 0. The quantitative estimate of drug-likeness (QED) is 0.150. The molecule has 6 aromatic carbocycles. The maximum Gasteiger partial charge on any atom is 0.277 e. The van der Waals surface area contributed by atoms with Crippen molar-refractivity contribution in [2.75, 3.05) is 0 Å². The molecule has 0 radical (unpaired) electrons. The number of aromatic nitrogens is 3. The fourth-order valence-corrected chi connectivity index (χ4v) is 7.57. The molecular weight excluding hydrogens is 568 g/mol. The molecule has 2 aliphatic rings. The first kappa shape index (κ1) is 25.4. The summed E-state index contributed by atoms with van der Waals surface area (Å²) in [5.74, 6) is 0.613. The molecule has 0 spiro atoms. The number of fused-ring (bicyclic) bond motifs is 8. The summed E-state index contributed by atoms with van der Waals surface area (Å²) in [4.78, 5) is 22.7. The Balaban J connectivity index is 1.36. The summed E-state index contributed by atoms with van der Waals surface area (Å²) >= 11 is 0. The van der Waals surface area contributed by atoms with Gasteiger partial charge in [-0.2, -0.15) is 0 Å². The normalized spacial score (nSPS) is 13.5. The van der Waals surface area contributed by atoms with Gasteiger partial charge in [-0.25, -0.2) is 9.97 Å². The summed E-state index contributed by atoms with van der Waals surface area (Å²) in [6.07, 6.45) is 3.95. The minimum absolute atomic E-state index is 0.168. The van der Waals surface area contributed by atoms with Crippen LogP contribution in [0.1, 0.15) is 22.3 Å². The zero-order valence-electron chi connectivity index (χ0n) is 24.8. The first-order chi connectivity index (χ1) is 22.6. The molecule has 0 amide bonds. The van der Waals surface area contributed by atoms with Gasteiger partial charge in [-0.15, -0.1) is 0 Å². The van der Waals surface area contributed by atoms with E-state index in [0.717, 1.165) is 91.5 Å². The molecule has 0 saturated carbocycles. The number of nitrogens with zero attached hydrogens (tertiary/aromatic N) is 4. The summed E-state index contributed by atoms with van der Waals surface area (Å²) in [5.41, 5.74) is 11.6. The standard InChI is InChI=1S/C40H26N4O2/c45-44(46)37-21-27-17-15-24(27)18-32(37)31-22-34-33-19-25-14-16-26(25)20-36(33)43(39(34)29-11-5-4-10-28(29)31)40-41-35-13-7-6-12-30(35)38(42-40)23-8-2-1-3-9-23/h1-13,18-22H,14-17H2. The lowest BCUT2D eigenvalue weighted by Gasteiger charge is -2.20. The molecule has 10 rings (SSSR count). The number of nitro benzene ring substituents is 1. The Morgan fingerprint density at radius 1 is 0.587 bits per heavy atom. The van der Waals surface area contributed by atoms with E-state index in [2.05, 4.69) is 59.2 Å². The first-order valence-corrected chi connectivity index (χ1v) is 15.8. The van der Waals surface area contributed by atoms with Gasteiger partial charge in [0.25, 0.3) is 5.69 Å². The molecule has 0 N–H and O–H groups in total. The second kappa shape index (κ2) is 9.31. The van der Waals surface area contributed by atoms with Crippen LogP contribution in [0.2, 0.25) is 0 Å². The Morgan fingerprint density at radius 2 is 1.24 bits per heavy atom. The Hall–Kier alpha value is -5.88. The van der Waals surface area contributed by atoms with Gasteiger partial charge in [0.05, 0.1) is 32.7 Å². The topological polar surface area (TPSA) is 73.8 Å². The molecule has 218 valence electrons. The molecular formula is C40H26N4O2. The van der Waals surface area contributed by atoms with Crippen LogP contribution in [0.25, 0.3) is 71.8 Å².